The predicted molar refractivity (Wildman–Crippen MR) is 80.8 cm³/mol. The van der Waals surface area contributed by atoms with E-state index in [0.29, 0.717) is 6.54 Å². The monoisotopic (exact) mass is 352 g/mol. The van der Waals surface area contributed by atoms with E-state index in [9.17, 15) is 16.8 Å². The molecule has 2 rings (SSSR count). The van der Waals surface area contributed by atoms with Gasteiger partial charge in [0.05, 0.1) is 9.92 Å². The third-order valence-corrected chi connectivity index (χ3v) is 6.35. The fourth-order valence-corrected chi connectivity index (χ4v) is 4.67. The number of hydrogen-bond donors (Lipinski definition) is 2. The van der Waals surface area contributed by atoms with Gasteiger partial charge in [-0.05, 0) is 37.6 Å². The molecule has 1 heterocycles. The van der Waals surface area contributed by atoms with Gasteiger partial charge in [0, 0.05) is 18.8 Å². The van der Waals surface area contributed by atoms with Gasteiger partial charge in [-0.25, -0.2) is 21.6 Å². The quantitative estimate of drug-likeness (QED) is 0.835. The molecular weight excluding hydrogens is 336 g/mol. The lowest BCUT2D eigenvalue weighted by Crippen LogP contribution is -2.45. The number of sulfonamides is 1. The zero-order chi connectivity index (χ0) is 15.7. The maximum atomic E-state index is 12.4. The molecule has 6 nitrogen and oxygen atoms in total. The van der Waals surface area contributed by atoms with Gasteiger partial charge in [0.25, 0.3) is 0 Å². The van der Waals surface area contributed by atoms with Crippen molar-refractivity contribution in [2.24, 2.45) is 0 Å². The molecule has 2 N–H and O–H groups in total. The van der Waals surface area contributed by atoms with Crippen molar-refractivity contribution in [3.63, 3.8) is 0 Å². The number of halogens is 1. The molecule has 0 aromatic heterocycles. The summed E-state index contributed by atoms with van der Waals surface area (Å²) in [5.74, 6) is 0. The molecule has 1 aromatic carbocycles. The predicted octanol–water partition coefficient (Wildman–Crippen LogP) is 0.774. The first kappa shape index (κ1) is 16.7. The topological polar surface area (TPSA) is 92.3 Å². The second-order valence-electron chi connectivity index (χ2n) is 5.03. The summed E-state index contributed by atoms with van der Waals surface area (Å²) in [4.78, 5) is -0.285. The molecule has 21 heavy (non-hydrogen) atoms. The minimum absolute atomic E-state index is 0.00123. The summed E-state index contributed by atoms with van der Waals surface area (Å²) in [6.45, 7) is 1.41. The largest absolute Gasteiger partial charge is 0.315 e. The minimum Gasteiger partial charge on any atom is -0.315 e. The van der Waals surface area contributed by atoms with Crippen LogP contribution < -0.4 is 10.0 Å². The molecule has 1 fully saturated rings. The molecule has 0 unspecified atom stereocenters. The summed E-state index contributed by atoms with van der Waals surface area (Å²) >= 11 is 5.92. The fraction of sp³-hybridized carbons (Fsp3) is 0.500. The second-order valence-corrected chi connectivity index (χ2v) is 9.13. The van der Waals surface area contributed by atoms with Crippen molar-refractivity contribution >= 4 is 31.5 Å². The van der Waals surface area contributed by atoms with E-state index in [1.165, 1.54) is 12.1 Å². The van der Waals surface area contributed by atoms with E-state index in [-0.39, 0.29) is 20.9 Å². The molecule has 0 aliphatic carbocycles. The molecule has 1 saturated heterocycles. The average Bonchev–Trinajstić information content (AvgIpc) is 2.38. The number of benzene rings is 1. The van der Waals surface area contributed by atoms with Crippen LogP contribution in [0.5, 0.6) is 0 Å². The highest BCUT2D eigenvalue weighted by molar-refractivity contribution is 7.91. The summed E-state index contributed by atoms with van der Waals surface area (Å²) in [5.41, 5.74) is 0. The first-order valence-electron chi connectivity index (χ1n) is 6.43. The van der Waals surface area contributed by atoms with Gasteiger partial charge in [-0.1, -0.05) is 11.6 Å². The van der Waals surface area contributed by atoms with Crippen molar-refractivity contribution in [1.82, 2.24) is 10.0 Å². The van der Waals surface area contributed by atoms with Gasteiger partial charge in [-0.2, -0.15) is 0 Å². The lowest BCUT2D eigenvalue weighted by Gasteiger charge is -2.23. The third-order valence-electron chi connectivity index (χ3n) is 3.24. The Hall–Kier alpha value is -0.670. The Morgan fingerprint density at radius 3 is 2.57 bits per heavy atom. The highest BCUT2D eigenvalue weighted by atomic mass is 35.5. The molecule has 0 spiro atoms. The lowest BCUT2D eigenvalue weighted by atomic mass is 10.1. The van der Waals surface area contributed by atoms with Crippen molar-refractivity contribution in [2.45, 2.75) is 28.7 Å². The van der Waals surface area contributed by atoms with E-state index in [4.69, 9.17) is 11.6 Å². The number of piperidine rings is 1. The highest BCUT2D eigenvalue weighted by Crippen LogP contribution is 2.25. The van der Waals surface area contributed by atoms with Crippen LogP contribution in [0.4, 0.5) is 0 Å². The Balaban J connectivity index is 2.34. The fourth-order valence-electron chi connectivity index (χ4n) is 2.16. The maximum absolute atomic E-state index is 12.4. The lowest BCUT2D eigenvalue weighted by molar-refractivity contribution is 0.428. The van der Waals surface area contributed by atoms with E-state index < -0.39 is 19.9 Å². The Bertz CT molecular complexity index is 726. The molecular formula is C12H17ClN2O4S2. The summed E-state index contributed by atoms with van der Waals surface area (Å²) in [5, 5.41) is 3.10. The van der Waals surface area contributed by atoms with Crippen LogP contribution in [0.1, 0.15) is 12.8 Å². The van der Waals surface area contributed by atoms with Crippen LogP contribution in [0.15, 0.2) is 28.0 Å². The van der Waals surface area contributed by atoms with Crippen molar-refractivity contribution in [3.05, 3.63) is 23.2 Å². The molecule has 1 aliphatic heterocycles. The molecule has 0 radical (unpaired) electrons. The van der Waals surface area contributed by atoms with E-state index in [0.717, 1.165) is 31.7 Å². The summed E-state index contributed by atoms with van der Waals surface area (Å²) in [7, 11) is -7.36. The zero-order valence-corrected chi connectivity index (χ0v) is 13.9. The zero-order valence-electron chi connectivity index (χ0n) is 11.5. The van der Waals surface area contributed by atoms with E-state index in [1.807, 2.05) is 0 Å². The third kappa shape index (κ3) is 4.17. The number of nitrogens with one attached hydrogen (secondary N) is 2. The van der Waals surface area contributed by atoms with Crippen molar-refractivity contribution in [1.29, 1.82) is 0 Å². The first-order chi connectivity index (χ1) is 9.70. The Kier molecular flexibility index (Phi) is 4.94. The molecule has 1 aromatic rings. The molecule has 1 atom stereocenters. The van der Waals surface area contributed by atoms with Crippen LogP contribution in [0.3, 0.4) is 0 Å². The van der Waals surface area contributed by atoms with E-state index >= 15 is 0 Å². The minimum atomic E-state index is -3.86. The van der Waals surface area contributed by atoms with Gasteiger partial charge in [-0.3, -0.25) is 0 Å². The van der Waals surface area contributed by atoms with Crippen LogP contribution in [-0.4, -0.2) is 42.2 Å². The van der Waals surface area contributed by atoms with Crippen LogP contribution >= 0.6 is 11.6 Å². The maximum Gasteiger partial charge on any atom is 0.242 e. The van der Waals surface area contributed by atoms with Gasteiger partial charge < -0.3 is 5.32 Å². The van der Waals surface area contributed by atoms with Gasteiger partial charge in [0.1, 0.15) is 4.90 Å². The van der Waals surface area contributed by atoms with E-state index in [1.54, 1.807) is 0 Å². The van der Waals surface area contributed by atoms with Crippen LogP contribution in [-0.2, 0) is 19.9 Å². The average molecular weight is 353 g/mol. The van der Waals surface area contributed by atoms with E-state index in [2.05, 4.69) is 10.0 Å². The number of rotatable bonds is 4. The molecule has 0 amide bonds. The highest BCUT2D eigenvalue weighted by Gasteiger charge is 2.25. The second kappa shape index (κ2) is 6.21. The summed E-state index contributed by atoms with van der Waals surface area (Å²) in [6.07, 6.45) is 2.63. The van der Waals surface area contributed by atoms with Crippen molar-refractivity contribution < 1.29 is 16.8 Å². The Morgan fingerprint density at radius 2 is 2.00 bits per heavy atom. The first-order valence-corrected chi connectivity index (χ1v) is 10.2. The Labute approximate surface area is 129 Å². The molecule has 0 bridgehead atoms. The standard InChI is InChI=1S/C12H17ClN2O4S2/c1-20(16,17)10-4-5-11(13)12(7-10)21(18,19)15-9-3-2-6-14-8-9/h4-5,7,9,14-15H,2-3,6,8H2,1H3/t9-/m0/s1. The molecule has 0 saturated carbocycles. The van der Waals surface area contributed by atoms with Gasteiger partial charge >= 0.3 is 0 Å². The van der Waals surface area contributed by atoms with Gasteiger partial charge in [0.2, 0.25) is 10.0 Å². The number of hydrogen-bond acceptors (Lipinski definition) is 5. The summed E-state index contributed by atoms with van der Waals surface area (Å²) in [6, 6.07) is 3.45. The number of sulfone groups is 1. The van der Waals surface area contributed by atoms with Gasteiger partial charge in [0.15, 0.2) is 9.84 Å². The summed E-state index contributed by atoms with van der Waals surface area (Å²) < 4.78 is 50.4. The van der Waals surface area contributed by atoms with Crippen LogP contribution in [0.2, 0.25) is 5.02 Å². The normalized spacial score (nSPS) is 20.4. The molecule has 118 valence electrons. The molecule has 9 heteroatoms. The van der Waals surface area contributed by atoms with Gasteiger partial charge in [-0.15, -0.1) is 0 Å². The van der Waals surface area contributed by atoms with Crippen molar-refractivity contribution in [3.8, 4) is 0 Å². The van der Waals surface area contributed by atoms with Crippen molar-refractivity contribution in [2.75, 3.05) is 19.3 Å². The SMILES string of the molecule is CS(=O)(=O)c1ccc(Cl)c(S(=O)(=O)N[C@H]2CCCNC2)c1. The van der Waals surface area contributed by atoms with Crippen LogP contribution in [0.25, 0.3) is 0 Å². The molecule has 1 aliphatic rings. The Morgan fingerprint density at radius 1 is 1.29 bits per heavy atom. The van der Waals surface area contributed by atoms with Crippen LogP contribution in [0, 0.1) is 0 Å². The smallest absolute Gasteiger partial charge is 0.242 e.